The number of unbranched alkanes of at least 4 members (excludes halogenated alkanes) is 3. The number of carbonyl (C=O) groups is 4. The number of fused-ring (bicyclic) bond motifs is 3. The molecule has 1 aromatic carbocycles. The molecule has 1 unspecified atom stereocenters. The number of aliphatic hydroxyl groups excluding tert-OH is 1. The lowest BCUT2D eigenvalue weighted by Crippen LogP contribution is -2.47. The summed E-state index contributed by atoms with van der Waals surface area (Å²) in [6.45, 7) is 10.8. The van der Waals surface area contributed by atoms with E-state index in [0.717, 1.165) is 25.7 Å². The lowest BCUT2D eigenvalue weighted by atomic mass is 9.84. The predicted octanol–water partition coefficient (Wildman–Crippen LogP) is 6.26. The van der Waals surface area contributed by atoms with Crippen LogP contribution in [0.1, 0.15) is 110 Å². The summed E-state index contributed by atoms with van der Waals surface area (Å²) < 4.78 is 17.6. The van der Waals surface area contributed by atoms with E-state index in [2.05, 4.69) is 6.92 Å². The molecule has 272 valence electrons. The molecule has 11 nitrogen and oxygen atoms in total. The van der Waals surface area contributed by atoms with Gasteiger partial charge in [-0.2, -0.15) is 0 Å². The number of pyridine rings is 1. The number of carboxylic acid groups (broad SMARTS) is 1. The zero-order valence-corrected chi connectivity index (χ0v) is 30.4. The third-order valence-corrected chi connectivity index (χ3v) is 10.3. The van der Waals surface area contributed by atoms with E-state index in [-0.39, 0.29) is 43.9 Å². The molecule has 11 heteroatoms. The maximum atomic E-state index is 14.3. The molecular formula is C39H52N2O9. The number of likely N-dealkylation sites (tertiary alicyclic amines) is 1. The smallest absolute Gasteiger partial charge is 0.310 e. The highest BCUT2D eigenvalue weighted by atomic mass is 16.6. The average molecular weight is 693 g/mol. The van der Waals surface area contributed by atoms with E-state index in [0.29, 0.717) is 40.1 Å². The normalized spacial score (nSPS) is 26.5. The second kappa shape index (κ2) is 14.3. The molecule has 2 fully saturated rings. The molecule has 3 aliphatic rings. The monoisotopic (exact) mass is 692 g/mol. The number of amides is 1. The van der Waals surface area contributed by atoms with Crippen molar-refractivity contribution in [2.45, 2.75) is 123 Å². The number of nitrogens with zero attached hydrogens (tertiary/aromatic N) is 2. The van der Waals surface area contributed by atoms with Gasteiger partial charge in [0.1, 0.15) is 22.7 Å². The molecule has 0 bridgehead atoms. The number of benzene rings is 1. The molecule has 2 aliphatic heterocycles. The van der Waals surface area contributed by atoms with Gasteiger partial charge in [0.15, 0.2) is 5.78 Å². The van der Waals surface area contributed by atoms with E-state index in [1.807, 2.05) is 18.2 Å². The number of Topliss-reactive ketones (excluding diaryl/α,β-unsaturated/α-hetero) is 1. The second-order valence-corrected chi connectivity index (χ2v) is 15.5. The third kappa shape index (κ3) is 7.67. The van der Waals surface area contributed by atoms with E-state index in [1.54, 1.807) is 53.9 Å². The van der Waals surface area contributed by atoms with E-state index in [9.17, 15) is 29.4 Å². The molecule has 1 amide bonds. The van der Waals surface area contributed by atoms with Crippen molar-refractivity contribution in [3.8, 4) is 11.5 Å². The van der Waals surface area contributed by atoms with E-state index < -0.39 is 52.5 Å². The number of methoxy groups -OCH3 is 1. The Hall–Kier alpha value is -3.99. The topological polar surface area (TPSA) is 153 Å². The number of allylic oxidation sites excluding steroid dienone is 2. The van der Waals surface area contributed by atoms with E-state index in [4.69, 9.17) is 19.2 Å². The SMILES string of the molecule is CCCCC/C=C\[C@@H]1C[C@]1(CC(=O)[C@@H]1C[C@]2(CC(O)c3c(c(C)nc4ccc(OC)cc34)O2)CN1C(=O)[C@H](C)CC(=O)OC(C)(C)C)C(=O)O. The lowest BCUT2D eigenvalue weighted by molar-refractivity contribution is -0.158. The first kappa shape index (κ1) is 37.3. The van der Waals surface area contributed by atoms with Crippen LogP contribution in [0.4, 0.5) is 0 Å². The summed E-state index contributed by atoms with van der Waals surface area (Å²) >= 11 is 0. The van der Waals surface area contributed by atoms with Crippen LogP contribution in [0.15, 0.2) is 30.4 Å². The summed E-state index contributed by atoms with van der Waals surface area (Å²) in [5.41, 5.74) is -1.32. The Bertz CT molecular complexity index is 1680. The lowest BCUT2D eigenvalue weighted by Gasteiger charge is -2.39. The second-order valence-electron chi connectivity index (χ2n) is 15.5. The fourth-order valence-corrected chi connectivity index (χ4v) is 7.68. The van der Waals surface area contributed by atoms with Crippen molar-refractivity contribution in [2.24, 2.45) is 17.3 Å². The van der Waals surface area contributed by atoms with Crippen molar-refractivity contribution in [3.63, 3.8) is 0 Å². The number of aliphatic carboxylic acids is 1. The Labute approximate surface area is 294 Å². The van der Waals surface area contributed by atoms with Gasteiger partial charge in [-0.3, -0.25) is 19.2 Å². The van der Waals surface area contributed by atoms with Crippen LogP contribution in [0.25, 0.3) is 10.9 Å². The fourth-order valence-electron chi connectivity index (χ4n) is 7.68. The van der Waals surface area contributed by atoms with Crippen LogP contribution in [0.3, 0.4) is 0 Å². The van der Waals surface area contributed by atoms with Crippen LogP contribution >= 0.6 is 0 Å². The number of aryl methyl sites for hydroxylation is 1. The summed E-state index contributed by atoms with van der Waals surface area (Å²) in [6, 6.07) is 4.41. The van der Waals surface area contributed by atoms with Crippen molar-refractivity contribution in [2.75, 3.05) is 13.7 Å². The highest BCUT2D eigenvalue weighted by Crippen LogP contribution is 2.57. The van der Waals surface area contributed by atoms with Crippen LogP contribution in [0.2, 0.25) is 0 Å². The number of ether oxygens (including phenoxy) is 3. The minimum absolute atomic E-state index is 0.0200. The van der Waals surface area contributed by atoms with Gasteiger partial charge < -0.3 is 29.3 Å². The standard InChI is InChI=1S/C39H52N2O9/c1-8-9-10-11-12-13-25-18-39(25,36(46)47)21-30(42)29-19-38(22-41(29)35(45)23(2)16-32(44)49-37(4,5)6)20-31(43)33-27-17-26(48-7)14-15-28(27)40-24(3)34(33)50-38/h12-15,17,23,25,29,31,43H,8-11,16,18-22H2,1-7H3,(H,46,47)/b13-12-/t23-,25-,29+,31?,38+,39-/m1/s1. The van der Waals surface area contributed by atoms with Crippen LogP contribution in [0.5, 0.6) is 11.5 Å². The highest BCUT2D eigenvalue weighted by molar-refractivity contribution is 5.95. The summed E-state index contributed by atoms with van der Waals surface area (Å²) in [5.74, 6) is -2.45. The average Bonchev–Trinajstić information content (AvgIpc) is 3.62. The van der Waals surface area contributed by atoms with Crippen LogP contribution in [-0.4, -0.2) is 74.6 Å². The molecule has 1 aliphatic carbocycles. The maximum Gasteiger partial charge on any atom is 0.310 e. The largest absolute Gasteiger partial charge is 0.497 e. The molecule has 6 atom stereocenters. The molecule has 1 saturated heterocycles. The Morgan fingerprint density at radius 1 is 1.16 bits per heavy atom. The number of ketones is 1. The number of hydrogen-bond acceptors (Lipinski definition) is 9. The quantitative estimate of drug-likeness (QED) is 0.140. The number of carboxylic acids is 1. The van der Waals surface area contributed by atoms with Crippen molar-refractivity contribution in [1.29, 1.82) is 0 Å². The van der Waals surface area contributed by atoms with Gasteiger partial charge in [-0.15, -0.1) is 0 Å². The first-order valence-corrected chi connectivity index (χ1v) is 17.8. The van der Waals surface area contributed by atoms with Gasteiger partial charge in [-0.1, -0.05) is 38.8 Å². The van der Waals surface area contributed by atoms with E-state index >= 15 is 0 Å². The van der Waals surface area contributed by atoms with Gasteiger partial charge in [0, 0.05) is 36.1 Å². The summed E-state index contributed by atoms with van der Waals surface area (Å²) in [7, 11) is 1.56. The van der Waals surface area contributed by atoms with Gasteiger partial charge >= 0.3 is 11.9 Å². The first-order valence-electron chi connectivity index (χ1n) is 17.8. The Morgan fingerprint density at radius 3 is 2.56 bits per heavy atom. The van der Waals surface area contributed by atoms with Crippen molar-refractivity contribution < 1.29 is 43.6 Å². The third-order valence-electron chi connectivity index (χ3n) is 10.3. The molecule has 1 aromatic heterocycles. The minimum Gasteiger partial charge on any atom is -0.497 e. The summed E-state index contributed by atoms with van der Waals surface area (Å²) in [6.07, 6.45) is 7.08. The number of hydrogen-bond donors (Lipinski definition) is 2. The summed E-state index contributed by atoms with van der Waals surface area (Å²) in [5, 5.41) is 22.7. The minimum atomic E-state index is -1.23. The molecule has 0 radical (unpaired) electrons. The molecule has 5 rings (SSSR count). The predicted molar refractivity (Wildman–Crippen MR) is 187 cm³/mol. The van der Waals surface area contributed by atoms with Crippen LogP contribution < -0.4 is 9.47 Å². The first-order chi connectivity index (χ1) is 23.5. The van der Waals surface area contributed by atoms with Gasteiger partial charge in [0.2, 0.25) is 5.91 Å². The number of rotatable bonds is 13. The van der Waals surface area contributed by atoms with Gasteiger partial charge in [-0.25, -0.2) is 4.98 Å². The van der Waals surface area contributed by atoms with Crippen molar-refractivity contribution in [1.82, 2.24) is 9.88 Å². The number of esters is 1. The fraction of sp³-hybridized carbons (Fsp3) is 0.615. The molecule has 50 heavy (non-hydrogen) atoms. The molecule has 2 aromatic rings. The Kier molecular flexibility index (Phi) is 10.7. The zero-order chi connectivity index (χ0) is 36.6. The van der Waals surface area contributed by atoms with Gasteiger partial charge in [-0.05, 0) is 71.1 Å². The van der Waals surface area contributed by atoms with Crippen LogP contribution in [-0.2, 0) is 23.9 Å². The van der Waals surface area contributed by atoms with Crippen molar-refractivity contribution >= 4 is 34.5 Å². The number of aliphatic hydroxyl groups is 1. The maximum absolute atomic E-state index is 14.3. The Morgan fingerprint density at radius 2 is 1.90 bits per heavy atom. The molecule has 2 N–H and O–H groups in total. The number of aromatic nitrogens is 1. The molecular weight excluding hydrogens is 640 g/mol. The molecule has 3 heterocycles. The highest BCUT2D eigenvalue weighted by Gasteiger charge is 2.62. The Balaban J connectivity index is 1.45. The zero-order valence-electron chi connectivity index (χ0n) is 30.4. The molecule has 1 saturated carbocycles. The van der Waals surface area contributed by atoms with Crippen molar-refractivity contribution in [3.05, 3.63) is 41.6 Å². The molecule has 1 spiro atoms. The van der Waals surface area contributed by atoms with Gasteiger partial charge in [0.25, 0.3) is 0 Å². The van der Waals surface area contributed by atoms with E-state index in [1.165, 1.54) is 4.90 Å². The van der Waals surface area contributed by atoms with Crippen LogP contribution in [0, 0.1) is 24.2 Å². The number of carbonyl (C=O) groups excluding carboxylic acids is 3. The summed E-state index contributed by atoms with van der Waals surface area (Å²) in [4.78, 5) is 59.9. The van der Waals surface area contributed by atoms with Gasteiger partial charge in [0.05, 0.1) is 48.8 Å².